The highest BCUT2D eigenvalue weighted by Gasteiger charge is 2.37. The van der Waals surface area contributed by atoms with Crippen LogP contribution >= 0.6 is 0 Å². The molecule has 0 bridgehead atoms. The number of carbonyl (C=O) groups excluding carboxylic acids is 1. The third-order valence-corrected chi connectivity index (χ3v) is 5.29. The smallest absolute Gasteiger partial charge is 0.280 e. The number of hydrogen-bond acceptors (Lipinski definition) is 4. The fraction of sp³-hybridized carbons (Fsp3) is 0.286. The minimum absolute atomic E-state index is 0.0249. The van der Waals surface area contributed by atoms with Crippen molar-refractivity contribution < 1.29 is 18.8 Å². The van der Waals surface area contributed by atoms with Crippen LogP contribution in [-0.2, 0) is 16.0 Å². The molecule has 7 heteroatoms. The van der Waals surface area contributed by atoms with E-state index in [-0.39, 0.29) is 36.3 Å². The Bertz CT molecular complexity index is 942. The van der Waals surface area contributed by atoms with Crippen LogP contribution in [0.2, 0.25) is 0 Å². The zero-order chi connectivity index (χ0) is 19.7. The molecule has 0 unspecified atom stereocenters. The third kappa shape index (κ3) is 3.35. The minimum Gasteiger partial charge on any atom is -0.481 e. The molecule has 2 aliphatic rings. The van der Waals surface area contributed by atoms with E-state index in [1.165, 1.54) is 12.1 Å². The molecular formula is C21H19FN2O4. The number of carbonyl (C=O) groups is 1. The highest BCUT2D eigenvalue weighted by Crippen LogP contribution is 2.36. The zero-order valence-corrected chi connectivity index (χ0v) is 15.1. The van der Waals surface area contributed by atoms with Gasteiger partial charge in [-0.1, -0.05) is 36.4 Å². The molecular weight excluding hydrogens is 363 g/mol. The van der Waals surface area contributed by atoms with E-state index in [1.54, 1.807) is 17.0 Å². The summed E-state index contributed by atoms with van der Waals surface area (Å²) in [5.74, 6) is -0.541. The zero-order valence-electron chi connectivity index (χ0n) is 15.1. The van der Waals surface area contributed by atoms with E-state index < -0.39 is 11.0 Å². The van der Waals surface area contributed by atoms with Crippen molar-refractivity contribution in [1.82, 2.24) is 4.90 Å². The number of hydrogen-bond donors (Lipinski definition) is 0. The highest BCUT2D eigenvalue weighted by molar-refractivity contribution is 5.82. The number of nitrogens with zero attached hydrogens (tertiary/aromatic N) is 2. The molecule has 0 radical (unpaired) electrons. The molecule has 4 rings (SSSR count). The number of halogens is 1. The Hall–Kier alpha value is -3.22. The van der Waals surface area contributed by atoms with E-state index in [1.807, 2.05) is 24.3 Å². The lowest BCUT2D eigenvalue weighted by Gasteiger charge is -2.39. The Morgan fingerprint density at radius 1 is 1.14 bits per heavy atom. The van der Waals surface area contributed by atoms with Crippen molar-refractivity contribution in [2.75, 3.05) is 6.54 Å². The average molecular weight is 382 g/mol. The second-order valence-electron chi connectivity index (χ2n) is 6.96. The van der Waals surface area contributed by atoms with Crippen molar-refractivity contribution in [3.63, 3.8) is 0 Å². The second-order valence-corrected chi connectivity index (χ2v) is 6.96. The summed E-state index contributed by atoms with van der Waals surface area (Å²) in [6, 6.07) is 13.7. The number of amides is 1. The molecule has 0 aliphatic carbocycles. The van der Waals surface area contributed by atoms with Crippen molar-refractivity contribution in [2.24, 2.45) is 0 Å². The maximum Gasteiger partial charge on any atom is 0.280 e. The van der Waals surface area contributed by atoms with Gasteiger partial charge in [0.15, 0.2) is 12.4 Å². The molecule has 0 N–H and O–H groups in total. The summed E-state index contributed by atoms with van der Waals surface area (Å²) in [7, 11) is 0. The highest BCUT2D eigenvalue weighted by atomic mass is 19.1. The van der Waals surface area contributed by atoms with E-state index in [4.69, 9.17) is 4.74 Å². The molecule has 2 aromatic rings. The maximum atomic E-state index is 13.4. The first kappa shape index (κ1) is 18.2. The number of benzene rings is 2. The van der Waals surface area contributed by atoms with E-state index >= 15 is 0 Å². The average Bonchev–Trinajstić information content (AvgIpc) is 2.73. The van der Waals surface area contributed by atoms with Gasteiger partial charge in [-0.3, -0.25) is 14.9 Å². The van der Waals surface area contributed by atoms with E-state index in [0.717, 1.165) is 23.0 Å². The molecule has 144 valence electrons. The lowest BCUT2D eigenvalue weighted by atomic mass is 9.87. The summed E-state index contributed by atoms with van der Waals surface area (Å²) < 4.78 is 18.8. The van der Waals surface area contributed by atoms with E-state index in [2.05, 4.69) is 0 Å². The molecule has 0 spiro atoms. The number of rotatable bonds is 3. The van der Waals surface area contributed by atoms with Crippen LogP contribution in [0.5, 0.6) is 0 Å². The van der Waals surface area contributed by atoms with E-state index in [9.17, 15) is 19.3 Å². The lowest BCUT2D eigenvalue weighted by molar-refractivity contribution is -0.431. The van der Waals surface area contributed by atoms with Crippen LogP contribution in [0, 0.1) is 15.9 Å². The van der Waals surface area contributed by atoms with Crippen LogP contribution in [-0.4, -0.2) is 28.4 Å². The van der Waals surface area contributed by atoms with Crippen LogP contribution in [0.25, 0.3) is 0 Å². The van der Waals surface area contributed by atoms with Gasteiger partial charge in [-0.05, 0) is 35.2 Å². The van der Waals surface area contributed by atoms with Gasteiger partial charge in [0.2, 0.25) is 0 Å². The van der Waals surface area contributed by atoms with Crippen LogP contribution < -0.4 is 0 Å². The van der Waals surface area contributed by atoms with Gasteiger partial charge in [0.25, 0.3) is 11.6 Å². The Kier molecular flexibility index (Phi) is 4.81. The lowest BCUT2D eigenvalue weighted by Crippen LogP contribution is -2.46. The first-order chi connectivity index (χ1) is 13.5. The summed E-state index contributed by atoms with van der Waals surface area (Å²) in [5, 5.41) is 10.9. The summed E-state index contributed by atoms with van der Waals surface area (Å²) in [4.78, 5) is 25.3. The Morgan fingerprint density at radius 3 is 2.57 bits per heavy atom. The molecule has 0 fully saturated rings. The third-order valence-electron chi connectivity index (χ3n) is 5.29. The van der Waals surface area contributed by atoms with Gasteiger partial charge in [-0.25, -0.2) is 4.39 Å². The van der Waals surface area contributed by atoms with Gasteiger partial charge in [-0.15, -0.1) is 0 Å². The van der Waals surface area contributed by atoms with Crippen LogP contribution in [0.3, 0.4) is 0 Å². The van der Waals surface area contributed by atoms with Crippen molar-refractivity contribution in [3.05, 3.63) is 93.1 Å². The van der Waals surface area contributed by atoms with Gasteiger partial charge in [0.05, 0.1) is 11.0 Å². The summed E-state index contributed by atoms with van der Waals surface area (Å²) in [5.41, 5.74) is 2.95. The van der Waals surface area contributed by atoms with Crippen LogP contribution in [0.15, 0.2) is 60.5 Å². The molecule has 6 nitrogen and oxygen atoms in total. The van der Waals surface area contributed by atoms with Crippen molar-refractivity contribution >= 4 is 5.91 Å². The van der Waals surface area contributed by atoms with Gasteiger partial charge in [0.1, 0.15) is 5.82 Å². The standard InChI is InChI=1S/C21H19FN2O4/c22-16-7-5-15(6-8-16)20-18-4-2-1-3-14(18)11-12-23(20)21(25)19-10-9-17(13-28-19)24(26)27/h1-8,13,19-20H,9-12H2/t19-,20+/m1/s1. The first-order valence-electron chi connectivity index (χ1n) is 9.17. The predicted octanol–water partition coefficient (Wildman–Crippen LogP) is 3.60. The quantitative estimate of drug-likeness (QED) is 0.601. The second kappa shape index (κ2) is 7.42. The molecule has 2 aromatic carbocycles. The van der Waals surface area contributed by atoms with Crippen molar-refractivity contribution in [2.45, 2.75) is 31.4 Å². The molecule has 2 atom stereocenters. The summed E-state index contributed by atoms with van der Waals surface area (Å²) >= 11 is 0. The van der Waals surface area contributed by atoms with E-state index in [0.29, 0.717) is 13.0 Å². The van der Waals surface area contributed by atoms with Gasteiger partial charge < -0.3 is 9.64 Å². The normalized spacial score (nSPS) is 21.3. The molecule has 1 amide bonds. The topological polar surface area (TPSA) is 72.7 Å². The molecule has 0 saturated heterocycles. The molecule has 28 heavy (non-hydrogen) atoms. The Morgan fingerprint density at radius 2 is 1.89 bits per heavy atom. The molecule has 0 aromatic heterocycles. The Labute approximate surface area is 161 Å². The van der Waals surface area contributed by atoms with Crippen molar-refractivity contribution in [3.8, 4) is 0 Å². The fourth-order valence-corrected chi connectivity index (χ4v) is 3.88. The maximum absolute atomic E-state index is 13.4. The largest absolute Gasteiger partial charge is 0.481 e. The van der Waals surface area contributed by atoms with Gasteiger partial charge >= 0.3 is 0 Å². The van der Waals surface area contributed by atoms with Crippen molar-refractivity contribution in [1.29, 1.82) is 0 Å². The van der Waals surface area contributed by atoms with Crippen LogP contribution in [0.1, 0.15) is 35.6 Å². The minimum atomic E-state index is -0.753. The molecule has 2 aliphatic heterocycles. The number of nitro groups is 1. The van der Waals surface area contributed by atoms with Gasteiger partial charge in [-0.2, -0.15) is 0 Å². The fourth-order valence-electron chi connectivity index (χ4n) is 3.88. The summed E-state index contributed by atoms with van der Waals surface area (Å²) in [6.07, 6.45) is 1.49. The number of fused-ring (bicyclic) bond motifs is 1. The number of ether oxygens (including phenoxy) is 1. The first-order valence-corrected chi connectivity index (χ1v) is 9.17. The molecule has 0 saturated carbocycles. The summed E-state index contributed by atoms with van der Waals surface area (Å²) in [6.45, 7) is 0.504. The number of allylic oxidation sites excluding steroid dienone is 1. The van der Waals surface area contributed by atoms with Crippen LogP contribution in [0.4, 0.5) is 4.39 Å². The monoisotopic (exact) mass is 382 g/mol. The molecule has 2 heterocycles. The van der Waals surface area contributed by atoms with Gasteiger partial charge in [0, 0.05) is 19.4 Å². The SMILES string of the molecule is O=C([C@H]1CCC([N+](=O)[O-])=CO1)N1CCc2ccccc2[C@@H]1c1ccc(F)cc1. The Balaban J connectivity index is 1.66. The predicted molar refractivity (Wildman–Crippen MR) is 99.3 cm³/mol.